The van der Waals surface area contributed by atoms with Gasteiger partial charge in [0.25, 0.3) is 0 Å². The molecular formula is C17H17BrClN. The number of nitrogens with one attached hydrogen (secondary N) is 1. The van der Waals surface area contributed by atoms with E-state index in [9.17, 15) is 0 Å². The van der Waals surface area contributed by atoms with Crippen LogP contribution in [0.3, 0.4) is 0 Å². The fourth-order valence-electron chi connectivity index (χ4n) is 3.04. The Labute approximate surface area is 133 Å². The molecule has 20 heavy (non-hydrogen) atoms. The lowest BCUT2D eigenvalue weighted by molar-refractivity contribution is 0.690. The van der Waals surface area contributed by atoms with E-state index in [1.54, 1.807) is 0 Å². The predicted molar refractivity (Wildman–Crippen MR) is 88.5 cm³/mol. The van der Waals surface area contributed by atoms with Crippen LogP contribution in [0.2, 0.25) is 5.02 Å². The quantitative estimate of drug-likeness (QED) is 0.830. The van der Waals surface area contributed by atoms with Crippen molar-refractivity contribution in [3.63, 3.8) is 0 Å². The van der Waals surface area contributed by atoms with Crippen molar-refractivity contribution in [3.8, 4) is 0 Å². The number of rotatable bonds is 3. The molecule has 1 N–H and O–H groups in total. The van der Waals surface area contributed by atoms with Crippen LogP contribution in [0.5, 0.6) is 0 Å². The highest BCUT2D eigenvalue weighted by Gasteiger charge is 2.17. The summed E-state index contributed by atoms with van der Waals surface area (Å²) < 4.78 is 1.02. The van der Waals surface area contributed by atoms with Gasteiger partial charge < -0.3 is 5.32 Å². The van der Waals surface area contributed by atoms with Crippen molar-refractivity contribution in [2.24, 2.45) is 0 Å². The van der Waals surface area contributed by atoms with Crippen LogP contribution >= 0.6 is 27.5 Å². The maximum Gasteiger partial charge on any atom is 0.0575 e. The second-order valence-corrected chi connectivity index (χ2v) is 6.66. The van der Waals surface area contributed by atoms with Gasteiger partial charge in [-0.1, -0.05) is 45.7 Å². The Bertz CT molecular complexity index is 619. The lowest BCUT2D eigenvalue weighted by atomic mass is 9.96. The van der Waals surface area contributed by atoms with E-state index in [0.29, 0.717) is 0 Å². The fraction of sp³-hybridized carbons (Fsp3) is 0.294. The Morgan fingerprint density at radius 3 is 2.60 bits per heavy atom. The Morgan fingerprint density at radius 2 is 1.85 bits per heavy atom. The molecule has 1 unspecified atom stereocenters. The highest BCUT2D eigenvalue weighted by atomic mass is 79.9. The van der Waals surface area contributed by atoms with E-state index in [1.165, 1.54) is 41.5 Å². The summed E-state index contributed by atoms with van der Waals surface area (Å²) in [6.45, 7) is 0. The number of aryl methyl sites for hydroxylation is 2. The first-order valence-corrected chi connectivity index (χ1v) is 8.09. The molecule has 1 nitrogen and oxygen atoms in total. The van der Waals surface area contributed by atoms with Crippen LogP contribution in [0.25, 0.3) is 0 Å². The third-order valence-electron chi connectivity index (χ3n) is 3.96. The molecule has 0 saturated carbocycles. The average molecular weight is 351 g/mol. The van der Waals surface area contributed by atoms with Crippen LogP contribution in [-0.2, 0) is 12.8 Å². The first-order chi connectivity index (χ1) is 9.67. The number of fused-ring (bicyclic) bond motifs is 1. The van der Waals surface area contributed by atoms with E-state index in [-0.39, 0.29) is 6.04 Å². The van der Waals surface area contributed by atoms with Gasteiger partial charge in [-0.2, -0.15) is 0 Å². The van der Waals surface area contributed by atoms with Crippen LogP contribution in [0, 0.1) is 0 Å². The molecule has 0 heterocycles. The Balaban J connectivity index is 2.01. The molecule has 2 aromatic rings. The monoisotopic (exact) mass is 349 g/mol. The standard InChI is InChI=1S/C17H17BrClN/c1-20-17(14-8-15(18)10-16(19)9-14)13-6-5-11-3-2-4-12(11)7-13/h5-10,17,20H,2-4H2,1H3. The summed E-state index contributed by atoms with van der Waals surface area (Å²) in [5.74, 6) is 0. The zero-order chi connectivity index (χ0) is 14.1. The molecular weight excluding hydrogens is 334 g/mol. The highest BCUT2D eigenvalue weighted by Crippen LogP contribution is 2.31. The van der Waals surface area contributed by atoms with Crippen molar-refractivity contribution in [2.45, 2.75) is 25.3 Å². The van der Waals surface area contributed by atoms with Crippen molar-refractivity contribution < 1.29 is 0 Å². The molecule has 0 amide bonds. The second-order valence-electron chi connectivity index (χ2n) is 5.31. The van der Waals surface area contributed by atoms with Crippen LogP contribution < -0.4 is 5.32 Å². The lowest BCUT2D eigenvalue weighted by Crippen LogP contribution is -2.18. The molecule has 3 rings (SSSR count). The topological polar surface area (TPSA) is 12.0 Å². The molecule has 0 radical (unpaired) electrons. The molecule has 104 valence electrons. The summed E-state index contributed by atoms with van der Waals surface area (Å²) >= 11 is 9.70. The molecule has 0 saturated heterocycles. The van der Waals surface area contributed by atoms with E-state index >= 15 is 0 Å². The van der Waals surface area contributed by atoms with Gasteiger partial charge in [-0.15, -0.1) is 0 Å². The van der Waals surface area contributed by atoms with Gasteiger partial charge in [-0.05, 0) is 66.8 Å². The van der Waals surface area contributed by atoms with E-state index in [2.05, 4.69) is 45.5 Å². The van der Waals surface area contributed by atoms with Crippen molar-refractivity contribution in [1.29, 1.82) is 0 Å². The zero-order valence-corrected chi connectivity index (χ0v) is 13.8. The van der Waals surface area contributed by atoms with Gasteiger partial charge >= 0.3 is 0 Å². The molecule has 1 atom stereocenters. The summed E-state index contributed by atoms with van der Waals surface area (Å²) in [6, 6.07) is 13.1. The molecule has 2 aromatic carbocycles. The summed E-state index contributed by atoms with van der Waals surface area (Å²) in [7, 11) is 1.99. The normalized spacial score (nSPS) is 15.2. The number of halogens is 2. The summed E-state index contributed by atoms with van der Waals surface area (Å²) in [5.41, 5.74) is 5.51. The van der Waals surface area contributed by atoms with Crippen LogP contribution in [-0.4, -0.2) is 7.05 Å². The van der Waals surface area contributed by atoms with Crippen LogP contribution in [0.1, 0.15) is 34.7 Å². The summed E-state index contributed by atoms with van der Waals surface area (Å²) in [5, 5.41) is 4.16. The molecule has 0 spiro atoms. The smallest absolute Gasteiger partial charge is 0.0575 e. The van der Waals surface area contributed by atoms with Gasteiger partial charge in [-0.25, -0.2) is 0 Å². The van der Waals surface area contributed by atoms with Gasteiger partial charge in [0.05, 0.1) is 6.04 Å². The molecule has 3 heteroatoms. The molecule has 0 aliphatic heterocycles. The molecule has 1 aliphatic rings. The number of benzene rings is 2. The molecule has 0 fully saturated rings. The van der Waals surface area contributed by atoms with Crippen molar-refractivity contribution in [3.05, 3.63) is 68.1 Å². The first kappa shape index (κ1) is 14.1. The van der Waals surface area contributed by atoms with Gasteiger partial charge in [0, 0.05) is 9.50 Å². The highest BCUT2D eigenvalue weighted by molar-refractivity contribution is 9.10. The number of hydrogen-bond acceptors (Lipinski definition) is 1. The fourth-order valence-corrected chi connectivity index (χ4v) is 3.93. The van der Waals surface area contributed by atoms with Gasteiger partial charge in [-0.3, -0.25) is 0 Å². The van der Waals surface area contributed by atoms with E-state index in [0.717, 1.165) is 9.50 Å². The van der Waals surface area contributed by atoms with E-state index in [4.69, 9.17) is 11.6 Å². The molecule has 0 aromatic heterocycles. The summed E-state index contributed by atoms with van der Waals surface area (Å²) in [4.78, 5) is 0. The Morgan fingerprint density at radius 1 is 1.05 bits per heavy atom. The minimum Gasteiger partial charge on any atom is -0.309 e. The Kier molecular flexibility index (Phi) is 4.16. The number of hydrogen-bond donors (Lipinski definition) is 1. The van der Waals surface area contributed by atoms with Gasteiger partial charge in [0.1, 0.15) is 0 Å². The Hall–Kier alpha value is -0.830. The molecule has 1 aliphatic carbocycles. The third kappa shape index (κ3) is 2.78. The predicted octanol–water partition coefficient (Wildman–Crippen LogP) is 4.90. The van der Waals surface area contributed by atoms with Gasteiger partial charge in [0.15, 0.2) is 0 Å². The van der Waals surface area contributed by atoms with Crippen LogP contribution in [0.15, 0.2) is 40.9 Å². The zero-order valence-electron chi connectivity index (χ0n) is 11.4. The third-order valence-corrected chi connectivity index (χ3v) is 4.64. The summed E-state index contributed by atoms with van der Waals surface area (Å²) in [6.07, 6.45) is 3.72. The maximum absolute atomic E-state index is 6.17. The maximum atomic E-state index is 6.17. The largest absolute Gasteiger partial charge is 0.309 e. The van der Waals surface area contributed by atoms with Crippen molar-refractivity contribution >= 4 is 27.5 Å². The van der Waals surface area contributed by atoms with Crippen LogP contribution in [0.4, 0.5) is 0 Å². The second kappa shape index (κ2) is 5.88. The molecule has 0 bridgehead atoms. The minimum atomic E-state index is 0.177. The minimum absolute atomic E-state index is 0.177. The van der Waals surface area contributed by atoms with Crippen molar-refractivity contribution in [2.75, 3.05) is 7.05 Å². The van der Waals surface area contributed by atoms with E-state index in [1.807, 2.05) is 19.2 Å². The van der Waals surface area contributed by atoms with E-state index < -0.39 is 0 Å². The average Bonchev–Trinajstić information content (AvgIpc) is 2.86. The first-order valence-electron chi connectivity index (χ1n) is 6.92. The SMILES string of the molecule is CNC(c1cc(Cl)cc(Br)c1)c1ccc2c(c1)CCC2. The van der Waals surface area contributed by atoms with Crippen molar-refractivity contribution in [1.82, 2.24) is 5.32 Å². The lowest BCUT2D eigenvalue weighted by Gasteiger charge is -2.19. The van der Waals surface area contributed by atoms with Gasteiger partial charge in [0.2, 0.25) is 0 Å².